The van der Waals surface area contributed by atoms with E-state index < -0.39 is 0 Å². The molecule has 1 atom stereocenters. The zero-order chi connectivity index (χ0) is 17.9. The Labute approximate surface area is 154 Å². The first-order valence-electron chi connectivity index (χ1n) is 9.73. The van der Waals surface area contributed by atoms with Crippen LogP contribution >= 0.6 is 0 Å². The van der Waals surface area contributed by atoms with Gasteiger partial charge in [0.05, 0.1) is 6.04 Å². The van der Waals surface area contributed by atoms with Crippen LogP contribution in [0.15, 0.2) is 42.5 Å². The van der Waals surface area contributed by atoms with Crippen molar-refractivity contribution in [1.29, 1.82) is 0 Å². The summed E-state index contributed by atoms with van der Waals surface area (Å²) >= 11 is 0. The maximum atomic E-state index is 12.5. The first-order chi connectivity index (χ1) is 12.7. The number of hydrogen-bond donors (Lipinski definition) is 1. The summed E-state index contributed by atoms with van der Waals surface area (Å²) in [6, 6.07) is 14.4. The van der Waals surface area contributed by atoms with Crippen LogP contribution in [0, 0.1) is 0 Å². The highest BCUT2D eigenvalue weighted by Crippen LogP contribution is 2.29. The number of ketones is 1. The summed E-state index contributed by atoms with van der Waals surface area (Å²) in [6.07, 6.45) is 7.05. The van der Waals surface area contributed by atoms with Crippen LogP contribution in [0.5, 0.6) is 0 Å². The average Bonchev–Trinajstić information content (AvgIpc) is 3.14. The van der Waals surface area contributed by atoms with Crippen molar-refractivity contribution in [3.63, 3.8) is 0 Å². The molecule has 2 aliphatic rings. The Balaban J connectivity index is 1.34. The van der Waals surface area contributed by atoms with Crippen LogP contribution < -0.4 is 5.32 Å². The summed E-state index contributed by atoms with van der Waals surface area (Å²) in [4.78, 5) is 24.8. The highest BCUT2D eigenvalue weighted by molar-refractivity contribution is 5.98. The molecule has 3 nitrogen and oxygen atoms in total. The Morgan fingerprint density at radius 1 is 0.885 bits per heavy atom. The number of amides is 1. The Morgan fingerprint density at radius 2 is 1.69 bits per heavy atom. The molecular formula is C23H25NO2. The molecule has 0 bridgehead atoms. The molecule has 3 heteroatoms. The summed E-state index contributed by atoms with van der Waals surface area (Å²) in [5, 5.41) is 3.13. The summed E-state index contributed by atoms with van der Waals surface area (Å²) in [7, 11) is 0. The molecule has 1 N–H and O–H groups in total. The van der Waals surface area contributed by atoms with E-state index in [-0.39, 0.29) is 30.6 Å². The summed E-state index contributed by atoms with van der Waals surface area (Å²) in [5.41, 5.74) is 5.99. The van der Waals surface area contributed by atoms with Gasteiger partial charge in [0.1, 0.15) is 0 Å². The summed E-state index contributed by atoms with van der Waals surface area (Å²) in [5.74, 6) is 0.0418. The molecule has 0 aliphatic heterocycles. The first kappa shape index (κ1) is 17.0. The Morgan fingerprint density at radius 3 is 2.62 bits per heavy atom. The average molecular weight is 347 g/mol. The number of carbonyl (C=O) groups is 2. The molecule has 134 valence electrons. The van der Waals surface area contributed by atoms with Gasteiger partial charge in [0, 0.05) is 18.4 Å². The summed E-state index contributed by atoms with van der Waals surface area (Å²) in [6.45, 7) is 0. The number of benzene rings is 2. The molecule has 0 unspecified atom stereocenters. The molecule has 0 fully saturated rings. The highest BCUT2D eigenvalue weighted by atomic mass is 16.2. The minimum atomic E-state index is -0.0267. The van der Waals surface area contributed by atoms with E-state index in [9.17, 15) is 9.59 Å². The fraction of sp³-hybridized carbons (Fsp3) is 0.391. The molecule has 26 heavy (non-hydrogen) atoms. The number of nitrogens with one attached hydrogen (secondary N) is 1. The third-order valence-electron chi connectivity index (χ3n) is 5.70. The number of rotatable bonds is 5. The van der Waals surface area contributed by atoms with Gasteiger partial charge in [-0.1, -0.05) is 36.4 Å². The molecule has 2 aromatic rings. The molecule has 0 heterocycles. The van der Waals surface area contributed by atoms with Gasteiger partial charge in [-0.3, -0.25) is 9.59 Å². The van der Waals surface area contributed by atoms with E-state index >= 15 is 0 Å². The molecule has 0 radical (unpaired) electrons. The largest absolute Gasteiger partial charge is 0.349 e. The van der Waals surface area contributed by atoms with Crippen molar-refractivity contribution in [2.24, 2.45) is 0 Å². The van der Waals surface area contributed by atoms with Crippen LogP contribution in [-0.2, 0) is 24.1 Å². The normalized spacial score (nSPS) is 18.1. The first-order valence-corrected chi connectivity index (χ1v) is 9.73. The van der Waals surface area contributed by atoms with Crippen molar-refractivity contribution in [3.05, 3.63) is 70.3 Å². The predicted molar refractivity (Wildman–Crippen MR) is 102 cm³/mol. The van der Waals surface area contributed by atoms with Gasteiger partial charge in [0.15, 0.2) is 5.78 Å². The van der Waals surface area contributed by atoms with Crippen LogP contribution in [0.1, 0.15) is 70.8 Å². The third kappa shape index (κ3) is 3.57. The summed E-state index contributed by atoms with van der Waals surface area (Å²) < 4.78 is 0. The van der Waals surface area contributed by atoms with Gasteiger partial charge in [0.25, 0.3) is 0 Å². The van der Waals surface area contributed by atoms with Crippen molar-refractivity contribution in [3.8, 4) is 0 Å². The lowest BCUT2D eigenvalue weighted by Gasteiger charge is -2.26. The second-order valence-corrected chi connectivity index (χ2v) is 7.47. The molecular weight excluding hydrogens is 322 g/mol. The lowest BCUT2D eigenvalue weighted by molar-refractivity contribution is -0.121. The second kappa shape index (κ2) is 7.45. The molecule has 0 saturated heterocycles. The van der Waals surface area contributed by atoms with Crippen LogP contribution in [-0.4, -0.2) is 11.7 Å². The second-order valence-electron chi connectivity index (χ2n) is 7.47. The van der Waals surface area contributed by atoms with Gasteiger partial charge >= 0.3 is 0 Å². The van der Waals surface area contributed by atoms with Crippen LogP contribution in [0.2, 0.25) is 0 Å². The zero-order valence-corrected chi connectivity index (χ0v) is 15.1. The van der Waals surface area contributed by atoms with E-state index in [0.29, 0.717) is 0 Å². The van der Waals surface area contributed by atoms with Gasteiger partial charge in [0.2, 0.25) is 5.91 Å². The molecule has 0 saturated carbocycles. The minimum absolute atomic E-state index is 0.0267. The van der Waals surface area contributed by atoms with Crippen molar-refractivity contribution in [2.45, 2.75) is 57.4 Å². The molecule has 1 amide bonds. The lowest BCUT2D eigenvalue weighted by Crippen LogP contribution is -2.31. The SMILES string of the molecule is O=C(CCC(=O)c1ccc2c(c1)CCC2)N[C@H]1CCCc2ccccc21. The van der Waals surface area contributed by atoms with E-state index in [0.717, 1.165) is 37.7 Å². The van der Waals surface area contributed by atoms with Crippen molar-refractivity contribution >= 4 is 11.7 Å². The minimum Gasteiger partial charge on any atom is -0.349 e. The molecule has 2 aromatic carbocycles. The maximum absolute atomic E-state index is 12.5. The van der Waals surface area contributed by atoms with E-state index in [1.807, 2.05) is 18.2 Å². The Bertz CT molecular complexity index is 840. The van der Waals surface area contributed by atoms with Gasteiger partial charge in [-0.25, -0.2) is 0 Å². The van der Waals surface area contributed by atoms with Crippen molar-refractivity contribution < 1.29 is 9.59 Å². The predicted octanol–water partition coefficient (Wildman–Crippen LogP) is 4.33. The quantitative estimate of drug-likeness (QED) is 0.818. The van der Waals surface area contributed by atoms with E-state index in [1.54, 1.807) is 0 Å². The Hall–Kier alpha value is -2.42. The van der Waals surface area contributed by atoms with Gasteiger partial charge in [-0.05, 0) is 66.8 Å². The number of Topliss-reactive ketones (excluding diaryl/α,β-unsaturated/α-hetero) is 1. The van der Waals surface area contributed by atoms with E-state index in [2.05, 4.69) is 29.6 Å². The topological polar surface area (TPSA) is 46.2 Å². The third-order valence-corrected chi connectivity index (χ3v) is 5.70. The fourth-order valence-corrected chi connectivity index (χ4v) is 4.29. The van der Waals surface area contributed by atoms with E-state index in [4.69, 9.17) is 0 Å². The van der Waals surface area contributed by atoms with Crippen LogP contribution in [0.25, 0.3) is 0 Å². The van der Waals surface area contributed by atoms with Crippen molar-refractivity contribution in [1.82, 2.24) is 5.32 Å². The fourth-order valence-electron chi connectivity index (χ4n) is 4.29. The van der Waals surface area contributed by atoms with Crippen molar-refractivity contribution in [2.75, 3.05) is 0 Å². The molecule has 0 spiro atoms. The number of carbonyl (C=O) groups excluding carboxylic acids is 2. The lowest BCUT2D eigenvalue weighted by atomic mass is 9.87. The maximum Gasteiger partial charge on any atom is 0.220 e. The Kier molecular flexibility index (Phi) is 4.87. The number of fused-ring (bicyclic) bond motifs is 2. The van der Waals surface area contributed by atoms with Crippen LogP contribution in [0.4, 0.5) is 0 Å². The zero-order valence-electron chi connectivity index (χ0n) is 15.1. The molecule has 4 rings (SSSR count). The van der Waals surface area contributed by atoms with Crippen LogP contribution in [0.3, 0.4) is 0 Å². The number of hydrogen-bond acceptors (Lipinski definition) is 2. The van der Waals surface area contributed by atoms with Gasteiger partial charge < -0.3 is 5.32 Å². The smallest absolute Gasteiger partial charge is 0.220 e. The van der Waals surface area contributed by atoms with Gasteiger partial charge in [-0.15, -0.1) is 0 Å². The van der Waals surface area contributed by atoms with E-state index in [1.165, 1.54) is 28.7 Å². The highest BCUT2D eigenvalue weighted by Gasteiger charge is 2.22. The molecule has 2 aliphatic carbocycles. The van der Waals surface area contributed by atoms with Gasteiger partial charge in [-0.2, -0.15) is 0 Å². The standard InChI is InChI=1S/C23H25NO2/c25-22(19-12-11-16-6-3-8-18(16)15-19)13-14-23(26)24-21-10-4-7-17-5-1-2-9-20(17)21/h1-2,5,9,11-12,15,21H,3-4,6-8,10,13-14H2,(H,24,26)/t21-/m0/s1. The monoisotopic (exact) mass is 347 g/mol. The number of aryl methyl sites for hydroxylation is 3. The molecule has 0 aromatic heterocycles.